The molecule has 0 saturated heterocycles. The number of rotatable bonds is 6. The van der Waals surface area contributed by atoms with Gasteiger partial charge in [-0.25, -0.2) is 4.79 Å². The first-order valence-electron chi connectivity index (χ1n) is 5.93. The van der Waals surface area contributed by atoms with Crippen LogP contribution in [0.3, 0.4) is 0 Å². The zero-order chi connectivity index (χ0) is 12.7. The minimum absolute atomic E-state index is 0.419. The first-order valence-corrected chi connectivity index (χ1v) is 5.93. The molecule has 3 N–H and O–H groups in total. The van der Waals surface area contributed by atoms with Gasteiger partial charge in [0.2, 0.25) is 0 Å². The lowest BCUT2D eigenvalue weighted by Gasteiger charge is -2.20. The van der Waals surface area contributed by atoms with Crippen molar-refractivity contribution in [3.63, 3.8) is 0 Å². The van der Waals surface area contributed by atoms with Crippen LogP contribution in [-0.2, 0) is 13.1 Å². The highest BCUT2D eigenvalue weighted by atomic mass is 16.4. The Bertz CT molecular complexity index is 366. The molecule has 0 aliphatic rings. The largest absolute Gasteiger partial charge is 0.465 e. The summed E-state index contributed by atoms with van der Waals surface area (Å²) in [6, 6.07) is 7.70. The van der Waals surface area contributed by atoms with E-state index in [9.17, 15) is 4.79 Å². The van der Waals surface area contributed by atoms with Crippen molar-refractivity contribution >= 4 is 6.09 Å². The molecule has 94 valence electrons. The lowest BCUT2D eigenvalue weighted by atomic mass is 10.1. The van der Waals surface area contributed by atoms with Crippen molar-refractivity contribution in [2.24, 2.45) is 5.73 Å². The molecule has 0 aliphatic carbocycles. The molecule has 1 aromatic carbocycles. The summed E-state index contributed by atoms with van der Waals surface area (Å²) in [6.45, 7) is 3.48. The SMILES string of the molecule is CCCCN(Cc1ccccc1CN)C(=O)O. The molecule has 0 spiro atoms. The predicted molar refractivity (Wildman–Crippen MR) is 67.7 cm³/mol. The van der Waals surface area contributed by atoms with Crippen molar-refractivity contribution in [2.75, 3.05) is 6.54 Å². The zero-order valence-electron chi connectivity index (χ0n) is 10.2. The molecule has 0 radical (unpaired) electrons. The van der Waals surface area contributed by atoms with Crippen LogP contribution in [0.25, 0.3) is 0 Å². The Morgan fingerprint density at radius 1 is 1.35 bits per heavy atom. The van der Waals surface area contributed by atoms with Gasteiger partial charge in [-0.2, -0.15) is 0 Å². The molecular weight excluding hydrogens is 216 g/mol. The third-order valence-electron chi connectivity index (χ3n) is 2.75. The van der Waals surface area contributed by atoms with Gasteiger partial charge in [0.25, 0.3) is 0 Å². The summed E-state index contributed by atoms with van der Waals surface area (Å²) >= 11 is 0. The molecule has 1 rings (SSSR count). The molecule has 0 unspecified atom stereocenters. The zero-order valence-corrected chi connectivity index (χ0v) is 10.2. The average Bonchev–Trinajstić information content (AvgIpc) is 2.34. The summed E-state index contributed by atoms with van der Waals surface area (Å²) in [5.41, 5.74) is 7.64. The van der Waals surface area contributed by atoms with Crippen LogP contribution < -0.4 is 5.73 Å². The van der Waals surface area contributed by atoms with E-state index < -0.39 is 6.09 Å². The van der Waals surface area contributed by atoms with E-state index in [1.165, 1.54) is 4.90 Å². The lowest BCUT2D eigenvalue weighted by molar-refractivity contribution is 0.141. The minimum Gasteiger partial charge on any atom is -0.465 e. The van der Waals surface area contributed by atoms with E-state index >= 15 is 0 Å². The second kappa shape index (κ2) is 6.91. The topological polar surface area (TPSA) is 66.6 Å². The maximum Gasteiger partial charge on any atom is 0.407 e. The van der Waals surface area contributed by atoms with Gasteiger partial charge >= 0.3 is 6.09 Å². The summed E-state index contributed by atoms with van der Waals surface area (Å²) in [4.78, 5) is 12.5. The molecule has 4 heteroatoms. The number of nitrogens with two attached hydrogens (primary N) is 1. The smallest absolute Gasteiger partial charge is 0.407 e. The maximum absolute atomic E-state index is 11.1. The molecule has 0 bridgehead atoms. The fraction of sp³-hybridized carbons (Fsp3) is 0.462. The summed E-state index contributed by atoms with van der Waals surface area (Å²) in [6.07, 6.45) is 1.00. The van der Waals surface area contributed by atoms with Crippen molar-refractivity contribution in [3.05, 3.63) is 35.4 Å². The van der Waals surface area contributed by atoms with Crippen LogP contribution in [0.5, 0.6) is 0 Å². The number of hydrogen-bond acceptors (Lipinski definition) is 2. The Balaban J connectivity index is 2.74. The summed E-state index contributed by atoms with van der Waals surface area (Å²) in [5, 5.41) is 9.12. The van der Waals surface area contributed by atoms with E-state index in [4.69, 9.17) is 10.8 Å². The number of hydrogen-bond donors (Lipinski definition) is 2. The van der Waals surface area contributed by atoms with Gasteiger partial charge < -0.3 is 15.7 Å². The van der Waals surface area contributed by atoms with E-state index in [1.54, 1.807) is 0 Å². The third-order valence-corrected chi connectivity index (χ3v) is 2.75. The second-order valence-corrected chi connectivity index (χ2v) is 4.03. The Labute approximate surface area is 102 Å². The fourth-order valence-corrected chi connectivity index (χ4v) is 1.71. The number of carbonyl (C=O) groups is 1. The van der Waals surface area contributed by atoms with Gasteiger partial charge in [0.15, 0.2) is 0 Å². The second-order valence-electron chi connectivity index (χ2n) is 4.03. The van der Waals surface area contributed by atoms with Crippen molar-refractivity contribution in [1.29, 1.82) is 0 Å². The molecule has 0 aliphatic heterocycles. The first kappa shape index (κ1) is 13.5. The number of carboxylic acid groups (broad SMARTS) is 1. The van der Waals surface area contributed by atoms with Crippen LogP contribution in [0.15, 0.2) is 24.3 Å². The molecule has 0 fully saturated rings. The Kier molecular flexibility index (Phi) is 5.49. The van der Waals surface area contributed by atoms with Crippen LogP contribution in [-0.4, -0.2) is 22.6 Å². The summed E-state index contributed by atoms with van der Waals surface area (Å²) in [5.74, 6) is 0. The Hall–Kier alpha value is -1.55. The minimum atomic E-state index is -0.870. The summed E-state index contributed by atoms with van der Waals surface area (Å²) in [7, 11) is 0. The van der Waals surface area contributed by atoms with E-state index in [2.05, 4.69) is 0 Å². The molecule has 0 atom stereocenters. The number of unbranched alkanes of at least 4 members (excludes halogenated alkanes) is 1. The van der Waals surface area contributed by atoms with Crippen molar-refractivity contribution in [3.8, 4) is 0 Å². The van der Waals surface area contributed by atoms with E-state index in [-0.39, 0.29) is 0 Å². The molecule has 0 heterocycles. The van der Waals surface area contributed by atoms with Crippen LogP contribution in [0.1, 0.15) is 30.9 Å². The standard InChI is InChI=1S/C13H20N2O2/c1-2-3-8-15(13(16)17)10-12-7-5-4-6-11(12)9-14/h4-7H,2-3,8-10,14H2,1H3,(H,16,17). The van der Waals surface area contributed by atoms with E-state index in [0.29, 0.717) is 19.6 Å². The quantitative estimate of drug-likeness (QED) is 0.797. The molecule has 1 aromatic rings. The molecule has 4 nitrogen and oxygen atoms in total. The monoisotopic (exact) mass is 236 g/mol. The predicted octanol–water partition coefficient (Wildman–Crippen LogP) is 2.43. The summed E-state index contributed by atoms with van der Waals surface area (Å²) < 4.78 is 0. The highest BCUT2D eigenvalue weighted by molar-refractivity contribution is 5.65. The van der Waals surface area contributed by atoms with Crippen molar-refractivity contribution < 1.29 is 9.90 Å². The number of benzene rings is 1. The van der Waals surface area contributed by atoms with Gasteiger partial charge in [-0.15, -0.1) is 0 Å². The van der Waals surface area contributed by atoms with Crippen LogP contribution in [0, 0.1) is 0 Å². The van der Waals surface area contributed by atoms with Gasteiger partial charge in [-0.3, -0.25) is 0 Å². The Morgan fingerprint density at radius 2 is 2.00 bits per heavy atom. The lowest BCUT2D eigenvalue weighted by Crippen LogP contribution is -2.30. The van der Waals surface area contributed by atoms with Gasteiger partial charge in [-0.1, -0.05) is 37.6 Å². The fourth-order valence-electron chi connectivity index (χ4n) is 1.71. The number of nitrogens with zero attached hydrogens (tertiary/aromatic N) is 1. The third kappa shape index (κ3) is 4.07. The van der Waals surface area contributed by atoms with Gasteiger partial charge in [0.1, 0.15) is 0 Å². The van der Waals surface area contributed by atoms with Crippen molar-refractivity contribution in [2.45, 2.75) is 32.9 Å². The van der Waals surface area contributed by atoms with E-state index in [0.717, 1.165) is 24.0 Å². The number of amides is 1. The highest BCUT2D eigenvalue weighted by Crippen LogP contribution is 2.12. The average molecular weight is 236 g/mol. The molecular formula is C13H20N2O2. The first-order chi connectivity index (χ1) is 8.19. The van der Waals surface area contributed by atoms with Gasteiger partial charge in [-0.05, 0) is 17.5 Å². The van der Waals surface area contributed by atoms with Crippen LogP contribution in [0.4, 0.5) is 4.79 Å². The molecule has 17 heavy (non-hydrogen) atoms. The van der Waals surface area contributed by atoms with E-state index in [1.807, 2.05) is 31.2 Å². The van der Waals surface area contributed by atoms with Crippen LogP contribution >= 0.6 is 0 Å². The van der Waals surface area contributed by atoms with Gasteiger partial charge in [0, 0.05) is 19.6 Å². The van der Waals surface area contributed by atoms with Crippen LogP contribution in [0.2, 0.25) is 0 Å². The molecule has 0 aromatic heterocycles. The normalized spacial score (nSPS) is 10.2. The van der Waals surface area contributed by atoms with Gasteiger partial charge in [0.05, 0.1) is 0 Å². The van der Waals surface area contributed by atoms with Crippen molar-refractivity contribution in [1.82, 2.24) is 4.90 Å². The highest BCUT2D eigenvalue weighted by Gasteiger charge is 2.12. The molecule has 1 amide bonds. The molecule has 0 saturated carbocycles. The Morgan fingerprint density at radius 3 is 2.53 bits per heavy atom. The maximum atomic E-state index is 11.1.